The Hall–Kier alpha value is -2.75. The molecule has 1 aromatic carbocycles. The maximum atomic E-state index is 11.9. The molecule has 9 heteroatoms. The Kier molecular flexibility index (Phi) is 4.88. The molecule has 0 radical (unpaired) electrons. The van der Waals surface area contributed by atoms with Crippen molar-refractivity contribution in [3.8, 4) is 5.75 Å². The van der Waals surface area contributed by atoms with Crippen molar-refractivity contribution >= 4 is 11.2 Å². The van der Waals surface area contributed by atoms with Crippen LogP contribution >= 0.6 is 0 Å². The smallest absolute Gasteiger partial charge is 0.278 e. The van der Waals surface area contributed by atoms with E-state index in [1.807, 2.05) is 24.3 Å². The number of para-hydroxylation sites is 1. The molecule has 1 aliphatic rings. The van der Waals surface area contributed by atoms with Crippen LogP contribution in [0.15, 0.2) is 41.7 Å². The second kappa shape index (κ2) is 7.47. The number of methoxy groups -OCH3 is 1. The molecular formula is C18H20N4O5. The summed E-state index contributed by atoms with van der Waals surface area (Å²) in [6, 6.07) is 7.62. The average molecular weight is 372 g/mol. The lowest BCUT2D eigenvalue weighted by atomic mass is 10.2. The van der Waals surface area contributed by atoms with Crippen molar-refractivity contribution in [2.45, 2.75) is 31.5 Å². The van der Waals surface area contributed by atoms with Crippen molar-refractivity contribution < 1.29 is 19.3 Å². The largest absolute Gasteiger partial charge is 0.496 e. The van der Waals surface area contributed by atoms with Gasteiger partial charge in [0, 0.05) is 12.0 Å². The van der Waals surface area contributed by atoms with Crippen LogP contribution in [0.1, 0.15) is 18.2 Å². The average Bonchev–Trinajstić information content (AvgIpc) is 3.31. The van der Waals surface area contributed by atoms with Gasteiger partial charge < -0.3 is 24.3 Å². The second-order valence-electron chi connectivity index (χ2n) is 6.28. The van der Waals surface area contributed by atoms with Crippen molar-refractivity contribution in [2.24, 2.45) is 0 Å². The van der Waals surface area contributed by atoms with Gasteiger partial charge in [-0.05, 0) is 6.07 Å². The number of ether oxygens (including phenoxy) is 3. The summed E-state index contributed by atoms with van der Waals surface area (Å²) in [4.78, 5) is 22.7. The number of fused-ring (bicyclic) bond motifs is 1. The van der Waals surface area contributed by atoms with Crippen LogP contribution in [0.3, 0.4) is 0 Å². The first kappa shape index (κ1) is 17.7. The van der Waals surface area contributed by atoms with Crippen LogP contribution in [0.2, 0.25) is 0 Å². The topological polar surface area (TPSA) is 111 Å². The summed E-state index contributed by atoms with van der Waals surface area (Å²) >= 11 is 0. The van der Waals surface area contributed by atoms with E-state index >= 15 is 0 Å². The second-order valence-corrected chi connectivity index (χ2v) is 6.28. The molecule has 9 nitrogen and oxygen atoms in total. The highest BCUT2D eigenvalue weighted by atomic mass is 16.6. The van der Waals surface area contributed by atoms with Gasteiger partial charge in [-0.25, -0.2) is 9.97 Å². The zero-order chi connectivity index (χ0) is 18.8. The van der Waals surface area contributed by atoms with Gasteiger partial charge in [-0.2, -0.15) is 0 Å². The van der Waals surface area contributed by atoms with Gasteiger partial charge in [-0.15, -0.1) is 0 Å². The van der Waals surface area contributed by atoms with Gasteiger partial charge in [0.25, 0.3) is 5.56 Å². The minimum atomic E-state index is -0.545. The quantitative estimate of drug-likeness (QED) is 0.664. The number of hydrogen-bond acceptors (Lipinski definition) is 7. The van der Waals surface area contributed by atoms with Gasteiger partial charge in [0.05, 0.1) is 39.1 Å². The standard InChI is InChI=1S/C18H20N4O5/c1-25-13-5-3-2-4-11(13)8-26-14-6-12(7-23)27-18(14)22-10-21-15-16(22)19-9-20-17(15)24/h2-5,9-10,12,14,18,23H,6-8H2,1H3,(H,19,20,24)/t12-,14?,18+/m0/s1. The highest BCUT2D eigenvalue weighted by Crippen LogP contribution is 2.33. The maximum absolute atomic E-state index is 11.9. The van der Waals surface area contributed by atoms with Gasteiger partial charge in [-0.3, -0.25) is 9.36 Å². The van der Waals surface area contributed by atoms with Crippen LogP contribution in [-0.4, -0.2) is 50.6 Å². The molecule has 4 rings (SSSR count). The summed E-state index contributed by atoms with van der Waals surface area (Å²) in [5, 5.41) is 9.53. The molecule has 2 N–H and O–H groups in total. The molecule has 0 saturated carbocycles. The van der Waals surface area contributed by atoms with Crippen molar-refractivity contribution in [1.82, 2.24) is 19.5 Å². The lowest BCUT2D eigenvalue weighted by Gasteiger charge is -2.21. The van der Waals surface area contributed by atoms with Gasteiger partial charge >= 0.3 is 0 Å². The van der Waals surface area contributed by atoms with Gasteiger partial charge in [0.2, 0.25) is 0 Å². The van der Waals surface area contributed by atoms with Crippen LogP contribution in [-0.2, 0) is 16.1 Å². The van der Waals surface area contributed by atoms with Crippen molar-refractivity contribution in [3.63, 3.8) is 0 Å². The molecule has 0 spiro atoms. The molecule has 2 aromatic heterocycles. The summed E-state index contributed by atoms with van der Waals surface area (Å²) in [5.74, 6) is 0.743. The first-order chi connectivity index (χ1) is 13.2. The van der Waals surface area contributed by atoms with Crippen LogP contribution in [0, 0.1) is 0 Å². The van der Waals surface area contributed by atoms with E-state index in [2.05, 4.69) is 15.0 Å². The lowest BCUT2D eigenvalue weighted by Crippen LogP contribution is -2.23. The number of nitrogens with zero attached hydrogens (tertiary/aromatic N) is 3. The van der Waals surface area contributed by atoms with Crippen LogP contribution in [0.25, 0.3) is 11.2 Å². The van der Waals surface area contributed by atoms with Gasteiger partial charge in [0.15, 0.2) is 17.4 Å². The number of nitrogens with one attached hydrogen (secondary N) is 1. The van der Waals surface area contributed by atoms with Crippen molar-refractivity contribution in [1.29, 1.82) is 0 Å². The molecule has 142 valence electrons. The van der Waals surface area contributed by atoms with Crippen LogP contribution in [0.5, 0.6) is 5.75 Å². The van der Waals surface area contributed by atoms with E-state index in [1.54, 1.807) is 11.7 Å². The normalized spacial score (nSPS) is 22.4. The third-order valence-corrected chi connectivity index (χ3v) is 4.63. The third kappa shape index (κ3) is 3.32. The Morgan fingerprint density at radius 2 is 2.22 bits per heavy atom. The molecule has 1 saturated heterocycles. The monoisotopic (exact) mass is 372 g/mol. The number of imidazole rings is 1. The van der Waals surface area contributed by atoms with E-state index in [9.17, 15) is 9.90 Å². The van der Waals surface area contributed by atoms with Crippen LogP contribution in [0.4, 0.5) is 0 Å². The third-order valence-electron chi connectivity index (χ3n) is 4.63. The Morgan fingerprint density at radius 1 is 1.37 bits per heavy atom. The highest BCUT2D eigenvalue weighted by molar-refractivity contribution is 5.68. The number of aliphatic hydroxyl groups is 1. The molecule has 0 aliphatic carbocycles. The highest BCUT2D eigenvalue weighted by Gasteiger charge is 2.38. The summed E-state index contributed by atoms with van der Waals surface area (Å²) in [6.07, 6.45) is 2.10. The predicted octanol–water partition coefficient (Wildman–Crippen LogP) is 0.993. The zero-order valence-corrected chi connectivity index (χ0v) is 14.7. The van der Waals surface area contributed by atoms with E-state index in [0.29, 0.717) is 18.7 Å². The first-order valence-electron chi connectivity index (χ1n) is 8.61. The number of benzene rings is 1. The molecule has 1 aliphatic heterocycles. The predicted molar refractivity (Wildman–Crippen MR) is 95.3 cm³/mol. The SMILES string of the molecule is COc1ccccc1COC1C[C@@H](CO)O[C@H]1n1cnc2c(=O)[nH]cnc21. The van der Waals surface area contributed by atoms with E-state index in [4.69, 9.17) is 14.2 Å². The maximum Gasteiger partial charge on any atom is 0.278 e. The molecular weight excluding hydrogens is 352 g/mol. The minimum absolute atomic E-state index is 0.119. The molecule has 3 aromatic rings. The number of rotatable bonds is 6. The molecule has 27 heavy (non-hydrogen) atoms. The fourth-order valence-electron chi connectivity index (χ4n) is 3.30. The number of aliphatic hydroxyl groups excluding tert-OH is 1. The molecule has 0 amide bonds. The minimum Gasteiger partial charge on any atom is -0.496 e. The zero-order valence-electron chi connectivity index (χ0n) is 14.7. The molecule has 0 bridgehead atoms. The van der Waals surface area contributed by atoms with Crippen molar-refractivity contribution in [2.75, 3.05) is 13.7 Å². The number of hydrogen-bond donors (Lipinski definition) is 2. The van der Waals surface area contributed by atoms with E-state index in [-0.39, 0.29) is 29.9 Å². The summed E-state index contributed by atoms with van der Waals surface area (Å²) in [5.41, 5.74) is 1.24. The Labute approximate surface area is 154 Å². The van der Waals surface area contributed by atoms with Gasteiger partial charge in [0.1, 0.15) is 11.9 Å². The van der Waals surface area contributed by atoms with Crippen molar-refractivity contribution in [3.05, 3.63) is 52.8 Å². The van der Waals surface area contributed by atoms with E-state index in [1.165, 1.54) is 12.7 Å². The fraction of sp³-hybridized carbons (Fsp3) is 0.389. The van der Waals surface area contributed by atoms with Gasteiger partial charge in [-0.1, -0.05) is 18.2 Å². The summed E-state index contributed by atoms with van der Waals surface area (Å²) < 4.78 is 19.1. The Morgan fingerprint density at radius 3 is 3.04 bits per heavy atom. The lowest BCUT2D eigenvalue weighted by molar-refractivity contribution is -0.0732. The first-order valence-corrected chi connectivity index (χ1v) is 8.61. The fourth-order valence-corrected chi connectivity index (χ4v) is 3.30. The molecule has 1 unspecified atom stereocenters. The number of aromatic amines is 1. The van der Waals surface area contributed by atoms with E-state index < -0.39 is 6.23 Å². The summed E-state index contributed by atoms with van der Waals surface area (Å²) in [7, 11) is 1.61. The number of aromatic nitrogens is 4. The molecule has 3 atom stereocenters. The van der Waals surface area contributed by atoms with E-state index in [0.717, 1.165) is 11.3 Å². The summed E-state index contributed by atoms with van der Waals surface area (Å²) in [6.45, 7) is 0.207. The molecule has 3 heterocycles. The molecule has 1 fully saturated rings. The Balaban J connectivity index is 1.60. The van der Waals surface area contributed by atoms with Crippen LogP contribution < -0.4 is 10.3 Å². The number of H-pyrrole nitrogens is 1. The Bertz CT molecular complexity index is 985.